The SMILES string of the molecule is C[C@@H]1CN2c3cc([N+](=O)[O-])ccc3CC3(C(=O)NC(=O)NC3=O)[C@H]2[C@H](C)O1. The molecule has 3 aliphatic heterocycles. The lowest BCUT2D eigenvalue weighted by Gasteiger charge is -2.55. The highest BCUT2D eigenvalue weighted by Crippen LogP contribution is 2.47. The molecule has 3 heterocycles. The molecule has 27 heavy (non-hydrogen) atoms. The number of morpholine rings is 1. The first-order valence-corrected chi connectivity index (χ1v) is 8.60. The van der Waals surface area contributed by atoms with E-state index in [1.54, 1.807) is 13.0 Å². The monoisotopic (exact) mass is 374 g/mol. The molecule has 0 bridgehead atoms. The van der Waals surface area contributed by atoms with Crippen LogP contribution in [0.25, 0.3) is 0 Å². The highest BCUT2D eigenvalue weighted by molar-refractivity contribution is 6.20. The van der Waals surface area contributed by atoms with Crippen LogP contribution in [-0.2, 0) is 20.7 Å². The van der Waals surface area contributed by atoms with Gasteiger partial charge in [-0.05, 0) is 25.8 Å². The Morgan fingerprint density at radius 1 is 1.22 bits per heavy atom. The third-order valence-electron chi connectivity index (χ3n) is 5.51. The first kappa shape index (κ1) is 17.4. The number of urea groups is 1. The van der Waals surface area contributed by atoms with Crippen LogP contribution in [0.4, 0.5) is 16.2 Å². The number of anilines is 1. The maximum atomic E-state index is 12.9. The molecule has 0 radical (unpaired) electrons. The van der Waals surface area contributed by atoms with Gasteiger partial charge in [0.05, 0.1) is 23.2 Å². The van der Waals surface area contributed by atoms with Crippen LogP contribution in [0.2, 0.25) is 0 Å². The molecule has 0 aliphatic carbocycles. The number of amides is 4. The molecule has 1 spiro atoms. The van der Waals surface area contributed by atoms with E-state index in [9.17, 15) is 24.5 Å². The fourth-order valence-corrected chi connectivity index (χ4v) is 4.52. The first-order valence-electron chi connectivity index (χ1n) is 8.60. The lowest BCUT2D eigenvalue weighted by Crippen LogP contribution is -2.75. The second kappa shape index (κ2) is 5.74. The zero-order valence-electron chi connectivity index (χ0n) is 14.7. The number of hydrogen-bond acceptors (Lipinski definition) is 7. The largest absolute Gasteiger partial charge is 0.372 e. The Hall–Kier alpha value is -3.01. The Labute approximate surface area is 154 Å². The number of nitrogens with zero attached hydrogens (tertiary/aromatic N) is 2. The maximum absolute atomic E-state index is 12.9. The summed E-state index contributed by atoms with van der Waals surface area (Å²) in [5.41, 5.74) is -0.378. The molecule has 2 saturated heterocycles. The molecule has 0 saturated carbocycles. The quantitative estimate of drug-likeness (QED) is 0.415. The number of ether oxygens (including phenoxy) is 1. The number of fused-ring (bicyclic) bond motifs is 4. The molecule has 1 aromatic carbocycles. The van der Waals surface area contributed by atoms with Crippen LogP contribution in [0.1, 0.15) is 19.4 Å². The number of barbiturate groups is 1. The Kier molecular flexibility index (Phi) is 3.70. The van der Waals surface area contributed by atoms with Gasteiger partial charge in [0.1, 0.15) is 0 Å². The molecule has 1 aromatic rings. The number of carbonyl (C=O) groups excluding carboxylic acids is 3. The van der Waals surface area contributed by atoms with Crippen LogP contribution in [0.5, 0.6) is 0 Å². The maximum Gasteiger partial charge on any atom is 0.328 e. The fraction of sp³-hybridized carbons (Fsp3) is 0.471. The lowest BCUT2D eigenvalue weighted by atomic mass is 9.66. The number of nitrogens with one attached hydrogen (secondary N) is 2. The second-order valence-corrected chi connectivity index (χ2v) is 7.20. The van der Waals surface area contributed by atoms with Crippen LogP contribution in [-0.4, -0.2) is 47.6 Å². The van der Waals surface area contributed by atoms with Gasteiger partial charge in [0.25, 0.3) is 5.69 Å². The molecule has 0 unspecified atom stereocenters. The van der Waals surface area contributed by atoms with Crippen molar-refractivity contribution in [1.82, 2.24) is 10.6 Å². The molecule has 4 rings (SSSR count). The van der Waals surface area contributed by atoms with E-state index in [1.165, 1.54) is 12.1 Å². The van der Waals surface area contributed by atoms with E-state index in [1.807, 2.05) is 11.8 Å². The summed E-state index contributed by atoms with van der Waals surface area (Å²) in [6.07, 6.45) is -0.685. The summed E-state index contributed by atoms with van der Waals surface area (Å²) in [7, 11) is 0. The molecular formula is C17H18N4O6. The molecule has 10 heteroatoms. The minimum atomic E-state index is -1.56. The van der Waals surface area contributed by atoms with Gasteiger partial charge < -0.3 is 9.64 Å². The van der Waals surface area contributed by atoms with Gasteiger partial charge in [-0.3, -0.25) is 30.3 Å². The summed E-state index contributed by atoms with van der Waals surface area (Å²) in [5.74, 6) is -1.36. The normalized spacial score (nSPS) is 28.9. The van der Waals surface area contributed by atoms with Crippen molar-refractivity contribution in [2.24, 2.45) is 5.41 Å². The molecule has 2 N–H and O–H groups in total. The van der Waals surface area contributed by atoms with Crippen LogP contribution in [0.15, 0.2) is 18.2 Å². The average molecular weight is 374 g/mol. The van der Waals surface area contributed by atoms with Crippen molar-refractivity contribution in [1.29, 1.82) is 0 Å². The fourth-order valence-electron chi connectivity index (χ4n) is 4.52. The van der Waals surface area contributed by atoms with E-state index in [2.05, 4.69) is 10.6 Å². The van der Waals surface area contributed by atoms with Crippen molar-refractivity contribution in [3.05, 3.63) is 33.9 Å². The number of nitro benzene ring substituents is 1. The van der Waals surface area contributed by atoms with E-state index in [4.69, 9.17) is 4.74 Å². The zero-order chi connectivity index (χ0) is 19.5. The summed E-state index contributed by atoms with van der Waals surface area (Å²) in [4.78, 5) is 49.9. The van der Waals surface area contributed by atoms with Gasteiger partial charge in [-0.25, -0.2) is 4.79 Å². The predicted octanol–water partition coefficient (Wildman–Crippen LogP) is 0.485. The van der Waals surface area contributed by atoms with Crippen molar-refractivity contribution in [3.8, 4) is 0 Å². The summed E-state index contributed by atoms with van der Waals surface area (Å²) < 4.78 is 5.88. The van der Waals surface area contributed by atoms with Gasteiger partial charge in [-0.2, -0.15) is 0 Å². The molecule has 10 nitrogen and oxygen atoms in total. The third kappa shape index (κ3) is 2.40. The van der Waals surface area contributed by atoms with Crippen LogP contribution < -0.4 is 15.5 Å². The highest BCUT2D eigenvalue weighted by atomic mass is 16.6. The number of non-ortho nitro benzene ring substituents is 1. The van der Waals surface area contributed by atoms with Crippen LogP contribution in [0.3, 0.4) is 0 Å². The summed E-state index contributed by atoms with van der Waals surface area (Å²) >= 11 is 0. The molecule has 2 fully saturated rings. The molecule has 3 aliphatic rings. The Morgan fingerprint density at radius 3 is 2.52 bits per heavy atom. The lowest BCUT2D eigenvalue weighted by molar-refractivity contribution is -0.384. The third-order valence-corrected chi connectivity index (χ3v) is 5.51. The molecule has 3 atom stereocenters. The number of imide groups is 2. The van der Waals surface area contributed by atoms with E-state index in [-0.39, 0.29) is 18.2 Å². The second-order valence-electron chi connectivity index (χ2n) is 7.20. The van der Waals surface area contributed by atoms with Gasteiger partial charge in [-0.1, -0.05) is 6.07 Å². The minimum Gasteiger partial charge on any atom is -0.372 e. The number of nitro groups is 1. The summed E-state index contributed by atoms with van der Waals surface area (Å²) in [6, 6.07) is 2.83. The smallest absolute Gasteiger partial charge is 0.328 e. The van der Waals surface area contributed by atoms with E-state index in [0.29, 0.717) is 17.8 Å². The van der Waals surface area contributed by atoms with Crippen LogP contribution in [0, 0.1) is 15.5 Å². The number of rotatable bonds is 1. The van der Waals surface area contributed by atoms with Gasteiger partial charge >= 0.3 is 6.03 Å². The van der Waals surface area contributed by atoms with Crippen molar-refractivity contribution < 1.29 is 24.0 Å². The summed E-state index contributed by atoms with van der Waals surface area (Å²) in [5, 5.41) is 15.6. The van der Waals surface area contributed by atoms with E-state index in [0.717, 1.165) is 0 Å². The van der Waals surface area contributed by atoms with Gasteiger partial charge in [0.15, 0.2) is 5.41 Å². The molecular weight excluding hydrogens is 356 g/mol. The minimum absolute atomic E-state index is 0.0223. The van der Waals surface area contributed by atoms with Crippen molar-refractivity contribution >= 4 is 29.2 Å². The van der Waals surface area contributed by atoms with Crippen LogP contribution >= 0.6 is 0 Å². The average Bonchev–Trinajstić information content (AvgIpc) is 2.58. The highest BCUT2D eigenvalue weighted by Gasteiger charge is 2.62. The number of hydrogen-bond donors (Lipinski definition) is 2. The van der Waals surface area contributed by atoms with Crippen molar-refractivity contribution in [2.75, 3.05) is 11.4 Å². The predicted molar refractivity (Wildman–Crippen MR) is 92.1 cm³/mol. The number of benzene rings is 1. The standard InChI is InChI=1S/C17H18N4O6/c1-8-7-20-12-5-11(21(25)26)4-3-10(12)6-17(13(20)9(2)27-8)14(22)18-16(24)19-15(17)23/h3-5,8-9,13H,6-7H2,1-2H3,(H2,18,19,22,23,24)/t8-,9+,13-/m1/s1. The Balaban J connectivity index is 1.91. The van der Waals surface area contributed by atoms with E-state index < -0.39 is 40.3 Å². The van der Waals surface area contributed by atoms with Crippen molar-refractivity contribution in [3.63, 3.8) is 0 Å². The Bertz CT molecular complexity index is 864. The topological polar surface area (TPSA) is 131 Å². The molecule has 0 aromatic heterocycles. The summed E-state index contributed by atoms with van der Waals surface area (Å²) in [6.45, 7) is 3.98. The Morgan fingerprint density at radius 2 is 1.89 bits per heavy atom. The first-order chi connectivity index (χ1) is 12.7. The van der Waals surface area contributed by atoms with E-state index >= 15 is 0 Å². The van der Waals surface area contributed by atoms with Gasteiger partial charge in [-0.15, -0.1) is 0 Å². The molecule has 4 amide bonds. The van der Waals surface area contributed by atoms with Crippen molar-refractivity contribution in [2.45, 2.75) is 38.5 Å². The van der Waals surface area contributed by atoms with Gasteiger partial charge in [0.2, 0.25) is 11.8 Å². The molecule has 142 valence electrons. The zero-order valence-corrected chi connectivity index (χ0v) is 14.7. The number of carbonyl (C=O) groups is 3. The van der Waals surface area contributed by atoms with Gasteiger partial charge in [0, 0.05) is 24.4 Å².